The highest BCUT2D eigenvalue weighted by Gasteiger charge is 2.37. The molecular formula is C24H24N4O2S. The molecule has 31 heavy (non-hydrogen) atoms. The quantitative estimate of drug-likeness (QED) is 0.638. The Morgan fingerprint density at radius 2 is 1.71 bits per heavy atom. The number of anilines is 1. The van der Waals surface area contributed by atoms with E-state index in [0.717, 1.165) is 24.3 Å². The SMILES string of the molecule is O=C(c1cccs1)N1Cc2cccnc2C(C(=O)N2CCN(c3ccccc3)CC2)C1. The number of thiophene rings is 1. The smallest absolute Gasteiger partial charge is 0.264 e. The van der Waals surface area contributed by atoms with Crippen LogP contribution >= 0.6 is 11.3 Å². The molecule has 1 fully saturated rings. The van der Waals surface area contributed by atoms with Crippen molar-refractivity contribution in [3.63, 3.8) is 0 Å². The summed E-state index contributed by atoms with van der Waals surface area (Å²) >= 11 is 1.43. The van der Waals surface area contributed by atoms with Gasteiger partial charge in [-0.25, -0.2) is 0 Å². The monoisotopic (exact) mass is 432 g/mol. The Morgan fingerprint density at radius 1 is 0.903 bits per heavy atom. The third kappa shape index (κ3) is 3.93. The van der Waals surface area contributed by atoms with Crippen molar-refractivity contribution in [3.05, 3.63) is 82.3 Å². The van der Waals surface area contributed by atoms with E-state index in [2.05, 4.69) is 22.0 Å². The van der Waals surface area contributed by atoms with Crippen molar-refractivity contribution in [1.82, 2.24) is 14.8 Å². The van der Waals surface area contributed by atoms with Gasteiger partial charge in [0, 0.05) is 51.2 Å². The second-order valence-corrected chi connectivity index (χ2v) is 8.86. The number of fused-ring (bicyclic) bond motifs is 1. The van der Waals surface area contributed by atoms with Gasteiger partial charge in [-0.2, -0.15) is 0 Å². The van der Waals surface area contributed by atoms with Gasteiger partial charge in [0.1, 0.15) is 0 Å². The summed E-state index contributed by atoms with van der Waals surface area (Å²) in [6.07, 6.45) is 1.74. The molecule has 7 heteroatoms. The highest BCUT2D eigenvalue weighted by molar-refractivity contribution is 7.12. The predicted molar refractivity (Wildman–Crippen MR) is 121 cm³/mol. The molecule has 1 atom stereocenters. The summed E-state index contributed by atoms with van der Waals surface area (Å²) < 4.78 is 0. The maximum atomic E-state index is 13.5. The zero-order valence-electron chi connectivity index (χ0n) is 17.2. The zero-order chi connectivity index (χ0) is 21.2. The Balaban J connectivity index is 1.33. The normalized spacial score (nSPS) is 18.6. The van der Waals surface area contributed by atoms with Gasteiger partial charge in [0.2, 0.25) is 5.91 Å². The lowest BCUT2D eigenvalue weighted by Crippen LogP contribution is -2.52. The van der Waals surface area contributed by atoms with Crippen molar-refractivity contribution in [2.75, 3.05) is 37.6 Å². The highest BCUT2D eigenvalue weighted by atomic mass is 32.1. The van der Waals surface area contributed by atoms with E-state index in [1.165, 1.54) is 17.0 Å². The lowest BCUT2D eigenvalue weighted by atomic mass is 9.93. The minimum atomic E-state index is -0.419. The third-order valence-electron chi connectivity index (χ3n) is 6.05. The molecular weight excluding hydrogens is 408 g/mol. The molecule has 0 bridgehead atoms. The summed E-state index contributed by atoms with van der Waals surface area (Å²) in [7, 11) is 0. The van der Waals surface area contributed by atoms with Gasteiger partial charge in [-0.05, 0) is 35.2 Å². The largest absolute Gasteiger partial charge is 0.368 e. The molecule has 0 spiro atoms. The van der Waals surface area contributed by atoms with Crippen LogP contribution in [0.5, 0.6) is 0 Å². The number of carbonyl (C=O) groups is 2. The summed E-state index contributed by atoms with van der Waals surface area (Å²) in [5.41, 5.74) is 2.96. The lowest BCUT2D eigenvalue weighted by Gasteiger charge is -2.40. The molecule has 2 aliphatic rings. The first kappa shape index (κ1) is 19.8. The van der Waals surface area contributed by atoms with Crippen molar-refractivity contribution in [3.8, 4) is 0 Å². The number of rotatable bonds is 3. The van der Waals surface area contributed by atoms with Gasteiger partial charge in [-0.15, -0.1) is 11.3 Å². The number of pyridine rings is 1. The second-order valence-electron chi connectivity index (χ2n) is 7.91. The molecule has 0 N–H and O–H groups in total. The van der Waals surface area contributed by atoms with E-state index in [1.54, 1.807) is 11.1 Å². The molecule has 2 amide bonds. The van der Waals surface area contributed by atoms with Crippen molar-refractivity contribution in [2.24, 2.45) is 0 Å². The fraction of sp³-hybridized carbons (Fsp3) is 0.292. The first-order chi connectivity index (χ1) is 15.2. The molecule has 5 rings (SSSR count). The van der Waals surface area contributed by atoms with Crippen LogP contribution in [0.4, 0.5) is 5.69 Å². The second kappa shape index (κ2) is 8.51. The van der Waals surface area contributed by atoms with Crippen LogP contribution in [-0.4, -0.2) is 59.3 Å². The number of amides is 2. The van der Waals surface area contributed by atoms with Gasteiger partial charge in [0.25, 0.3) is 5.91 Å². The Morgan fingerprint density at radius 3 is 2.45 bits per heavy atom. The summed E-state index contributed by atoms with van der Waals surface area (Å²) in [6, 6.07) is 17.9. The Bertz CT molecular complexity index is 1060. The first-order valence-electron chi connectivity index (χ1n) is 10.6. The fourth-order valence-electron chi connectivity index (χ4n) is 4.43. The average Bonchev–Trinajstić information content (AvgIpc) is 3.38. The van der Waals surface area contributed by atoms with E-state index >= 15 is 0 Å². The Labute approximate surface area is 185 Å². The van der Waals surface area contributed by atoms with Crippen LogP contribution in [0.25, 0.3) is 0 Å². The molecule has 3 aromatic rings. The highest BCUT2D eigenvalue weighted by Crippen LogP contribution is 2.30. The maximum Gasteiger partial charge on any atom is 0.264 e. The first-order valence-corrected chi connectivity index (χ1v) is 11.4. The number of benzene rings is 1. The molecule has 0 saturated carbocycles. The number of nitrogens with zero attached hydrogens (tertiary/aromatic N) is 4. The zero-order valence-corrected chi connectivity index (χ0v) is 18.0. The molecule has 0 radical (unpaired) electrons. The summed E-state index contributed by atoms with van der Waals surface area (Å²) in [6.45, 7) is 3.81. The summed E-state index contributed by atoms with van der Waals surface area (Å²) in [5.74, 6) is -0.371. The number of aromatic nitrogens is 1. The van der Waals surface area contributed by atoms with Crippen LogP contribution in [0.2, 0.25) is 0 Å². The third-order valence-corrected chi connectivity index (χ3v) is 6.91. The number of hydrogen-bond donors (Lipinski definition) is 0. The van der Waals surface area contributed by atoms with Crippen LogP contribution < -0.4 is 4.90 Å². The molecule has 2 aliphatic heterocycles. The average molecular weight is 433 g/mol. The number of carbonyl (C=O) groups excluding carboxylic acids is 2. The molecule has 1 aromatic carbocycles. The van der Waals surface area contributed by atoms with Gasteiger partial charge >= 0.3 is 0 Å². The standard InChI is InChI=1S/C24H24N4O2S/c29-23(27-13-11-26(12-14-27)19-7-2-1-3-8-19)20-17-28(24(30)21-9-5-15-31-21)16-18-6-4-10-25-22(18)20/h1-10,15,20H,11-14,16-17H2. The molecule has 0 aliphatic carbocycles. The predicted octanol–water partition coefficient (Wildman–Crippen LogP) is 3.23. The van der Waals surface area contributed by atoms with E-state index in [-0.39, 0.29) is 11.8 Å². The van der Waals surface area contributed by atoms with Crippen molar-refractivity contribution in [2.45, 2.75) is 12.5 Å². The van der Waals surface area contributed by atoms with Crippen LogP contribution in [0.3, 0.4) is 0 Å². The lowest BCUT2D eigenvalue weighted by molar-refractivity contribution is -0.133. The van der Waals surface area contributed by atoms with E-state index in [0.29, 0.717) is 31.1 Å². The van der Waals surface area contributed by atoms with E-state index < -0.39 is 5.92 Å². The van der Waals surface area contributed by atoms with Crippen LogP contribution in [0.1, 0.15) is 26.8 Å². The van der Waals surface area contributed by atoms with Gasteiger partial charge < -0.3 is 14.7 Å². The van der Waals surface area contributed by atoms with Gasteiger partial charge in [-0.3, -0.25) is 14.6 Å². The number of hydrogen-bond acceptors (Lipinski definition) is 5. The molecule has 158 valence electrons. The van der Waals surface area contributed by atoms with Crippen molar-refractivity contribution in [1.29, 1.82) is 0 Å². The molecule has 2 aromatic heterocycles. The van der Waals surface area contributed by atoms with Crippen LogP contribution in [0.15, 0.2) is 66.2 Å². The molecule has 6 nitrogen and oxygen atoms in total. The molecule has 1 unspecified atom stereocenters. The van der Waals surface area contributed by atoms with Crippen LogP contribution in [-0.2, 0) is 11.3 Å². The van der Waals surface area contributed by atoms with E-state index in [1.807, 2.05) is 52.7 Å². The Hall–Kier alpha value is -3.19. The summed E-state index contributed by atoms with van der Waals surface area (Å²) in [5, 5.41) is 1.90. The maximum absolute atomic E-state index is 13.5. The summed E-state index contributed by atoms with van der Waals surface area (Å²) in [4.78, 5) is 37.8. The van der Waals surface area contributed by atoms with Crippen molar-refractivity contribution >= 4 is 28.8 Å². The molecule has 1 saturated heterocycles. The van der Waals surface area contributed by atoms with E-state index in [4.69, 9.17) is 0 Å². The molecule has 4 heterocycles. The topological polar surface area (TPSA) is 56.8 Å². The van der Waals surface area contributed by atoms with Crippen LogP contribution in [0, 0.1) is 0 Å². The minimum Gasteiger partial charge on any atom is -0.368 e. The fourth-order valence-corrected chi connectivity index (χ4v) is 5.12. The van der Waals surface area contributed by atoms with Gasteiger partial charge in [0.05, 0.1) is 16.5 Å². The van der Waals surface area contributed by atoms with E-state index in [9.17, 15) is 9.59 Å². The van der Waals surface area contributed by atoms with Gasteiger partial charge in [0.15, 0.2) is 0 Å². The minimum absolute atomic E-state index is 0.0174. The van der Waals surface area contributed by atoms with Crippen molar-refractivity contribution < 1.29 is 9.59 Å². The Kier molecular flexibility index (Phi) is 5.42. The number of piperazine rings is 1. The number of para-hydroxylation sites is 1. The van der Waals surface area contributed by atoms with Gasteiger partial charge in [-0.1, -0.05) is 30.3 Å².